The number of hydrogen-bond acceptors (Lipinski definition) is 4. The first-order valence-electron chi connectivity index (χ1n) is 6.31. The SMILES string of the molecule is CC(C)(C)OC(=O)NC1=C(C(=O)O)C(C(=O)O)CCC1. The lowest BCUT2D eigenvalue weighted by atomic mass is 9.85. The lowest BCUT2D eigenvalue weighted by molar-refractivity contribution is -0.144. The van der Waals surface area contributed by atoms with Gasteiger partial charge in [-0.05, 0) is 40.0 Å². The second-order valence-electron chi connectivity index (χ2n) is 5.61. The van der Waals surface area contributed by atoms with E-state index in [1.54, 1.807) is 20.8 Å². The Morgan fingerprint density at radius 2 is 1.85 bits per heavy atom. The van der Waals surface area contributed by atoms with Crippen LogP contribution in [0, 0.1) is 5.92 Å². The molecule has 0 heterocycles. The summed E-state index contributed by atoms with van der Waals surface area (Å²) >= 11 is 0. The molecule has 20 heavy (non-hydrogen) atoms. The third kappa shape index (κ3) is 4.25. The fraction of sp³-hybridized carbons (Fsp3) is 0.615. The van der Waals surface area contributed by atoms with E-state index in [2.05, 4.69) is 5.32 Å². The van der Waals surface area contributed by atoms with Gasteiger partial charge in [-0.25, -0.2) is 9.59 Å². The second kappa shape index (κ2) is 5.94. The molecular weight excluding hydrogens is 266 g/mol. The van der Waals surface area contributed by atoms with E-state index in [9.17, 15) is 14.4 Å². The first kappa shape index (κ1) is 16.0. The van der Waals surface area contributed by atoms with Crippen LogP contribution in [0.25, 0.3) is 0 Å². The van der Waals surface area contributed by atoms with Crippen molar-refractivity contribution >= 4 is 18.0 Å². The van der Waals surface area contributed by atoms with Gasteiger partial charge in [0.05, 0.1) is 11.5 Å². The number of nitrogens with one attached hydrogen (secondary N) is 1. The Morgan fingerprint density at radius 3 is 2.30 bits per heavy atom. The number of amides is 1. The molecule has 0 spiro atoms. The number of carboxylic acid groups (broad SMARTS) is 2. The number of aliphatic carboxylic acids is 2. The van der Waals surface area contributed by atoms with Crippen LogP contribution in [0.3, 0.4) is 0 Å². The molecule has 0 saturated heterocycles. The number of alkyl carbamates (subject to hydrolysis) is 1. The van der Waals surface area contributed by atoms with E-state index in [0.717, 1.165) is 0 Å². The van der Waals surface area contributed by atoms with Crippen molar-refractivity contribution < 1.29 is 29.3 Å². The summed E-state index contributed by atoms with van der Waals surface area (Å²) in [6.07, 6.45) is 0.275. The highest BCUT2D eigenvalue weighted by Crippen LogP contribution is 2.29. The Bertz CT molecular complexity index is 460. The predicted octanol–water partition coefficient (Wildman–Crippen LogP) is 1.73. The summed E-state index contributed by atoms with van der Waals surface area (Å²) in [4.78, 5) is 34.0. The molecule has 0 aromatic carbocycles. The van der Waals surface area contributed by atoms with Gasteiger partial charge in [0.15, 0.2) is 0 Å². The van der Waals surface area contributed by atoms with Gasteiger partial charge in [0.25, 0.3) is 0 Å². The van der Waals surface area contributed by atoms with Crippen molar-refractivity contribution in [1.29, 1.82) is 0 Å². The highest BCUT2D eigenvalue weighted by molar-refractivity contribution is 5.95. The zero-order valence-corrected chi connectivity index (χ0v) is 11.7. The van der Waals surface area contributed by atoms with Crippen LogP contribution < -0.4 is 5.32 Å². The average molecular weight is 285 g/mol. The van der Waals surface area contributed by atoms with Crippen LogP contribution in [0.1, 0.15) is 40.0 Å². The largest absolute Gasteiger partial charge is 0.481 e. The van der Waals surface area contributed by atoms with E-state index in [0.29, 0.717) is 12.8 Å². The van der Waals surface area contributed by atoms with Gasteiger partial charge in [0.1, 0.15) is 5.60 Å². The van der Waals surface area contributed by atoms with E-state index < -0.39 is 29.6 Å². The van der Waals surface area contributed by atoms with Crippen molar-refractivity contribution in [3.63, 3.8) is 0 Å². The minimum absolute atomic E-state index is 0.116. The Morgan fingerprint density at radius 1 is 1.25 bits per heavy atom. The molecule has 1 aliphatic rings. The number of hydrogen-bond donors (Lipinski definition) is 3. The summed E-state index contributed by atoms with van der Waals surface area (Å²) in [6.45, 7) is 5.04. The lowest BCUT2D eigenvalue weighted by Crippen LogP contribution is -2.36. The maximum Gasteiger partial charge on any atom is 0.411 e. The molecule has 0 aliphatic heterocycles. The van der Waals surface area contributed by atoms with Crippen LogP contribution in [-0.4, -0.2) is 33.8 Å². The molecule has 0 aromatic heterocycles. The van der Waals surface area contributed by atoms with Crippen molar-refractivity contribution in [3.8, 4) is 0 Å². The number of allylic oxidation sites excluding steroid dienone is 1. The molecule has 0 radical (unpaired) electrons. The van der Waals surface area contributed by atoms with Gasteiger partial charge >= 0.3 is 18.0 Å². The number of rotatable bonds is 3. The fourth-order valence-corrected chi connectivity index (χ4v) is 2.05. The molecule has 0 bridgehead atoms. The highest BCUT2D eigenvalue weighted by Gasteiger charge is 2.34. The Hall–Kier alpha value is -2.05. The zero-order valence-electron chi connectivity index (χ0n) is 11.7. The van der Waals surface area contributed by atoms with E-state index >= 15 is 0 Å². The maximum atomic E-state index is 11.7. The number of carboxylic acids is 2. The smallest absolute Gasteiger partial charge is 0.411 e. The molecule has 1 atom stereocenters. The average Bonchev–Trinajstić information content (AvgIpc) is 2.25. The summed E-state index contributed by atoms with van der Waals surface area (Å²) < 4.78 is 5.04. The van der Waals surface area contributed by atoms with E-state index in [4.69, 9.17) is 14.9 Å². The van der Waals surface area contributed by atoms with Crippen LogP contribution in [-0.2, 0) is 14.3 Å². The van der Waals surface area contributed by atoms with Gasteiger partial charge in [0, 0.05) is 5.70 Å². The van der Waals surface area contributed by atoms with E-state index in [-0.39, 0.29) is 17.7 Å². The molecule has 112 valence electrons. The first-order valence-corrected chi connectivity index (χ1v) is 6.31. The van der Waals surface area contributed by atoms with Gasteiger partial charge in [-0.1, -0.05) is 0 Å². The molecule has 1 amide bonds. The summed E-state index contributed by atoms with van der Waals surface area (Å²) in [5, 5.41) is 20.6. The second-order valence-corrected chi connectivity index (χ2v) is 5.61. The zero-order chi connectivity index (χ0) is 15.5. The molecule has 1 unspecified atom stereocenters. The van der Waals surface area contributed by atoms with Crippen LogP contribution in [0.2, 0.25) is 0 Å². The highest BCUT2D eigenvalue weighted by atomic mass is 16.6. The molecule has 1 aliphatic carbocycles. The van der Waals surface area contributed by atoms with Crippen LogP contribution in [0.5, 0.6) is 0 Å². The van der Waals surface area contributed by atoms with Crippen molar-refractivity contribution in [2.75, 3.05) is 0 Å². The number of carbonyl (C=O) groups excluding carboxylic acids is 1. The molecular formula is C13H19NO6. The van der Waals surface area contributed by atoms with Gasteiger partial charge in [-0.15, -0.1) is 0 Å². The van der Waals surface area contributed by atoms with Crippen molar-refractivity contribution in [3.05, 3.63) is 11.3 Å². The van der Waals surface area contributed by atoms with Crippen molar-refractivity contribution in [2.24, 2.45) is 5.92 Å². The molecule has 0 saturated carbocycles. The molecule has 0 aromatic rings. The Kier molecular flexibility index (Phi) is 4.75. The minimum Gasteiger partial charge on any atom is -0.481 e. The fourth-order valence-electron chi connectivity index (χ4n) is 2.05. The monoisotopic (exact) mass is 285 g/mol. The summed E-state index contributed by atoms with van der Waals surface area (Å²) in [7, 11) is 0. The topological polar surface area (TPSA) is 113 Å². The van der Waals surface area contributed by atoms with Crippen LogP contribution >= 0.6 is 0 Å². The number of carbonyl (C=O) groups is 3. The maximum absolute atomic E-state index is 11.7. The van der Waals surface area contributed by atoms with Gasteiger partial charge in [-0.3, -0.25) is 10.1 Å². The van der Waals surface area contributed by atoms with Gasteiger partial charge < -0.3 is 14.9 Å². The van der Waals surface area contributed by atoms with Crippen LogP contribution in [0.15, 0.2) is 11.3 Å². The summed E-state index contributed by atoms with van der Waals surface area (Å²) in [5.41, 5.74) is -0.866. The molecule has 3 N–H and O–H groups in total. The molecule has 0 fully saturated rings. The standard InChI is InChI=1S/C13H19NO6/c1-13(2,3)20-12(19)14-8-6-4-5-7(10(15)16)9(8)11(17)18/h7H,4-6H2,1-3H3,(H,14,19)(H,15,16)(H,17,18). The lowest BCUT2D eigenvalue weighted by Gasteiger charge is -2.25. The third-order valence-electron chi connectivity index (χ3n) is 2.77. The summed E-state index contributed by atoms with van der Waals surface area (Å²) in [5.74, 6) is -3.64. The van der Waals surface area contributed by atoms with Gasteiger partial charge in [-0.2, -0.15) is 0 Å². The minimum atomic E-state index is -1.33. The first-order chi connectivity index (χ1) is 9.11. The normalized spacial score (nSPS) is 19.4. The van der Waals surface area contributed by atoms with Crippen molar-refractivity contribution in [1.82, 2.24) is 5.32 Å². The number of ether oxygens (including phenoxy) is 1. The Balaban J connectivity index is 2.98. The third-order valence-corrected chi connectivity index (χ3v) is 2.77. The van der Waals surface area contributed by atoms with Gasteiger partial charge in [0.2, 0.25) is 0 Å². The van der Waals surface area contributed by atoms with Crippen molar-refractivity contribution in [2.45, 2.75) is 45.6 Å². The predicted molar refractivity (Wildman–Crippen MR) is 69.0 cm³/mol. The molecule has 7 heteroatoms. The van der Waals surface area contributed by atoms with E-state index in [1.165, 1.54) is 0 Å². The Labute approximate surface area is 116 Å². The quantitative estimate of drug-likeness (QED) is 0.728. The summed E-state index contributed by atoms with van der Waals surface area (Å²) in [6, 6.07) is 0. The molecule has 1 rings (SSSR count). The van der Waals surface area contributed by atoms with Crippen LogP contribution in [0.4, 0.5) is 4.79 Å². The van der Waals surface area contributed by atoms with E-state index in [1.807, 2.05) is 0 Å². The molecule has 7 nitrogen and oxygen atoms in total.